The van der Waals surface area contributed by atoms with E-state index in [-0.39, 0.29) is 19.7 Å². The van der Waals surface area contributed by atoms with Crippen LogP contribution < -0.4 is 14.5 Å². The number of anilines is 3. The number of halogens is 3. The maximum absolute atomic E-state index is 13.9. The summed E-state index contributed by atoms with van der Waals surface area (Å²) in [4.78, 5) is 22.9. The summed E-state index contributed by atoms with van der Waals surface area (Å²) in [6, 6.07) is 12.2. The van der Waals surface area contributed by atoms with Gasteiger partial charge in [0.15, 0.2) is 11.6 Å². The highest BCUT2D eigenvalue weighted by Gasteiger charge is 2.31. The monoisotopic (exact) mass is 579 g/mol. The molecule has 0 spiro atoms. The molecule has 210 valence electrons. The fourth-order valence-electron chi connectivity index (χ4n) is 5.09. The predicted molar refractivity (Wildman–Crippen MR) is 151 cm³/mol. The lowest BCUT2D eigenvalue weighted by atomic mass is 10.00. The number of fused-ring (bicyclic) bond motifs is 1. The number of aromatic nitrogens is 1. The Morgan fingerprint density at radius 2 is 1.77 bits per heavy atom. The Balaban J connectivity index is 0.00000231. The standard InChI is InChI=1S/C27H28ClF2N5O3S.2H2/c1-18(35-10-2-3-19-15-20(28)4-9-25(19)35)27(36)34-13-11-33(12-14-34)22-5-7-23(8-6-22)39(37,38)32-26-24(30)16-21(29)17-31-26;;/h4-9,15-18H,2-3,10-14H2,1H3,(H,31,32);2*1H/t18-;;/m0../s1. The Morgan fingerprint density at radius 1 is 1.05 bits per heavy atom. The van der Waals surface area contributed by atoms with Gasteiger partial charge in [0.05, 0.1) is 11.1 Å². The number of carbonyl (C=O) groups is 1. The molecule has 1 amide bonds. The molecule has 1 N–H and O–H groups in total. The molecule has 1 fully saturated rings. The number of piperazine rings is 1. The number of amides is 1. The highest BCUT2D eigenvalue weighted by Crippen LogP contribution is 2.31. The summed E-state index contributed by atoms with van der Waals surface area (Å²) in [5, 5.41) is 0.700. The minimum atomic E-state index is -4.12. The zero-order valence-electron chi connectivity index (χ0n) is 21.3. The van der Waals surface area contributed by atoms with Gasteiger partial charge in [0, 0.05) is 58.0 Å². The Bertz CT molecular complexity index is 1490. The van der Waals surface area contributed by atoms with Crippen molar-refractivity contribution in [2.24, 2.45) is 0 Å². The summed E-state index contributed by atoms with van der Waals surface area (Å²) in [5.74, 6) is -2.51. The van der Waals surface area contributed by atoms with Crippen LogP contribution in [0.4, 0.5) is 26.0 Å². The van der Waals surface area contributed by atoms with Gasteiger partial charge >= 0.3 is 0 Å². The summed E-state index contributed by atoms with van der Waals surface area (Å²) >= 11 is 6.17. The molecule has 1 saturated heterocycles. The lowest BCUT2D eigenvalue weighted by molar-refractivity contribution is -0.132. The average Bonchev–Trinajstić information content (AvgIpc) is 2.93. The summed E-state index contributed by atoms with van der Waals surface area (Å²) < 4.78 is 54.3. The maximum atomic E-state index is 13.9. The van der Waals surface area contributed by atoms with Crippen LogP contribution >= 0.6 is 11.6 Å². The van der Waals surface area contributed by atoms with Crippen LogP contribution in [0.1, 0.15) is 21.8 Å². The molecule has 0 radical (unpaired) electrons. The van der Waals surface area contributed by atoms with Gasteiger partial charge in [-0.3, -0.25) is 9.52 Å². The van der Waals surface area contributed by atoms with E-state index >= 15 is 0 Å². The number of benzene rings is 2. The number of nitrogens with one attached hydrogen (secondary N) is 1. The van der Waals surface area contributed by atoms with Crippen molar-refractivity contribution in [1.29, 1.82) is 0 Å². The molecule has 3 heterocycles. The minimum Gasteiger partial charge on any atom is -0.368 e. The van der Waals surface area contributed by atoms with Crippen molar-refractivity contribution >= 4 is 44.7 Å². The molecule has 0 saturated carbocycles. The molecule has 1 atom stereocenters. The van der Waals surface area contributed by atoms with Crippen molar-refractivity contribution in [1.82, 2.24) is 9.88 Å². The van der Waals surface area contributed by atoms with Crippen molar-refractivity contribution in [3.05, 3.63) is 76.9 Å². The van der Waals surface area contributed by atoms with Crippen LogP contribution in [0, 0.1) is 11.6 Å². The van der Waals surface area contributed by atoms with Gasteiger partial charge < -0.3 is 14.7 Å². The molecule has 5 rings (SSSR count). The van der Waals surface area contributed by atoms with E-state index < -0.39 is 27.5 Å². The second-order valence-electron chi connectivity index (χ2n) is 9.64. The first-order chi connectivity index (χ1) is 18.6. The largest absolute Gasteiger partial charge is 0.368 e. The quantitative estimate of drug-likeness (QED) is 0.452. The first-order valence-electron chi connectivity index (χ1n) is 12.6. The second kappa shape index (κ2) is 11.0. The number of aryl methyl sites for hydroxylation is 1. The Kier molecular flexibility index (Phi) is 7.64. The van der Waals surface area contributed by atoms with Crippen molar-refractivity contribution in [3.63, 3.8) is 0 Å². The van der Waals surface area contributed by atoms with Gasteiger partial charge in [-0.05, 0) is 67.8 Å². The Morgan fingerprint density at radius 3 is 2.46 bits per heavy atom. The van der Waals surface area contributed by atoms with E-state index in [2.05, 4.69) is 14.8 Å². The Hall–Kier alpha value is -3.44. The molecular weight excluding hydrogens is 548 g/mol. The molecule has 3 aromatic rings. The first kappa shape index (κ1) is 27.1. The molecule has 0 aliphatic carbocycles. The highest BCUT2D eigenvalue weighted by atomic mass is 35.5. The van der Waals surface area contributed by atoms with Crippen LogP contribution in [0.3, 0.4) is 0 Å². The normalized spacial score (nSPS) is 16.6. The minimum absolute atomic E-state index is 0. The van der Waals surface area contributed by atoms with Gasteiger partial charge in [-0.2, -0.15) is 0 Å². The average molecular weight is 580 g/mol. The van der Waals surface area contributed by atoms with Crippen LogP contribution in [-0.4, -0.2) is 63.0 Å². The molecule has 12 heteroatoms. The van der Waals surface area contributed by atoms with Gasteiger partial charge in [-0.15, -0.1) is 0 Å². The van der Waals surface area contributed by atoms with E-state index in [1.807, 2.05) is 34.7 Å². The molecular formula is C27H32ClF2N5O3S. The van der Waals surface area contributed by atoms with E-state index in [1.165, 1.54) is 12.1 Å². The number of carbonyl (C=O) groups excluding carboxylic acids is 1. The maximum Gasteiger partial charge on any atom is 0.263 e. The fourth-order valence-corrected chi connectivity index (χ4v) is 6.30. The third-order valence-corrected chi connectivity index (χ3v) is 8.75. The van der Waals surface area contributed by atoms with Gasteiger partial charge in [0.1, 0.15) is 11.9 Å². The summed E-state index contributed by atoms with van der Waals surface area (Å²) in [6.07, 6.45) is 2.65. The lowest BCUT2D eigenvalue weighted by Crippen LogP contribution is -2.55. The van der Waals surface area contributed by atoms with Crippen molar-refractivity contribution in [2.45, 2.75) is 30.7 Å². The number of hydrogen-bond donors (Lipinski definition) is 1. The molecule has 8 nitrogen and oxygen atoms in total. The van der Waals surface area contributed by atoms with Crippen LogP contribution in [-0.2, 0) is 21.2 Å². The van der Waals surface area contributed by atoms with E-state index in [9.17, 15) is 22.0 Å². The molecule has 2 aliphatic heterocycles. The van der Waals surface area contributed by atoms with Crippen molar-refractivity contribution < 1.29 is 24.8 Å². The molecule has 0 bridgehead atoms. The first-order valence-corrected chi connectivity index (χ1v) is 14.5. The molecule has 0 unspecified atom stereocenters. The van der Waals surface area contributed by atoms with E-state index in [0.717, 1.165) is 42.5 Å². The predicted octanol–water partition coefficient (Wildman–Crippen LogP) is 4.80. The lowest BCUT2D eigenvalue weighted by Gasteiger charge is -2.41. The summed E-state index contributed by atoms with van der Waals surface area (Å²) in [6.45, 7) is 5.04. The zero-order valence-corrected chi connectivity index (χ0v) is 22.9. The number of hydrogen-bond acceptors (Lipinski definition) is 6. The summed E-state index contributed by atoms with van der Waals surface area (Å²) in [7, 11) is -4.12. The second-order valence-corrected chi connectivity index (χ2v) is 11.8. The van der Waals surface area contributed by atoms with Crippen molar-refractivity contribution in [2.75, 3.05) is 47.2 Å². The molecule has 1 aromatic heterocycles. The fraction of sp³-hybridized carbons (Fsp3) is 0.333. The third kappa shape index (κ3) is 5.79. The number of sulfonamides is 1. The molecule has 2 aromatic carbocycles. The Labute approximate surface area is 234 Å². The van der Waals surface area contributed by atoms with Gasteiger partial charge in [-0.1, -0.05) is 11.6 Å². The molecule has 2 aliphatic rings. The van der Waals surface area contributed by atoms with E-state index in [1.54, 1.807) is 12.1 Å². The third-order valence-electron chi connectivity index (χ3n) is 7.16. The van der Waals surface area contributed by atoms with Gasteiger partial charge in [-0.25, -0.2) is 22.2 Å². The highest BCUT2D eigenvalue weighted by molar-refractivity contribution is 7.92. The smallest absolute Gasteiger partial charge is 0.263 e. The van der Waals surface area contributed by atoms with Crippen LogP contribution in [0.25, 0.3) is 0 Å². The number of pyridine rings is 1. The summed E-state index contributed by atoms with van der Waals surface area (Å²) in [5.41, 5.74) is 3.03. The van der Waals surface area contributed by atoms with Gasteiger partial charge in [0.2, 0.25) is 5.91 Å². The van der Waals surface area contributed by atoms with E-state index in [4.69, 9.17) is 11.6 Å². The number of rotatable bonds is 6. The molecule has 39 heavy (non-hydrogen) atoms. The van der Waals surface area contributed by atoms with Crippen LogP contribution in [0.5, 0.6) is 0 Å². The SMILES string of the molecule is C[C@@H](C(=O)N1CCN(c2ccc(S(=O)(=O)Nc3ncc(F)cc3F)cc2)CC1)N1CCCc2cc(Cl)ccc21.[HH].[HH]. The van der Waals surface area contributed by atoms with Crippen LogP contribution in [0.15, 0.2) is 59.6 Å². The van der Waals surface area contributed by atoms with Gasteiger partial charge in [0.25, 0.3) is 10.0 Å². The number of nitrogens with zero attached hydrogens (tertiary/aromatic N) is 4. The van der Waals surface area contributed by atoms with Crippen LogP contribution in [0.2, 0.25) is 5.02 Å². The van der Waals surface area contributed by atoms with Crippen molar-refractivity contribution in [3.8, 4) is 0 Å². The zero-order chi connectivity index (χ0) is 27.7. The van der Waals surface area contributed by atoms with E-state index in [0.29, 0.717) is 37.3 Å². The topological polar surface area (TPSA) is 85.8 Å².